The van der Waals surface area contributed by atoms with E-state index in [2.05, 4.69) is 9.78 Å². The zero-order valence-corrected chi connectivity index (χ0v) is 3.26. The molecule has 1 radical (unpaired) electrons. The number of hydrogen-bond acceptors (Lipinski definition) is 2. The van der Waals surface area contributed by atoms with E-state index in [0.29, 0.717) is 0 Å². The van der Waals surface area contributed by atoms with Gasteiger partial charge in [0.2, 0.25) is 0 Å². The van der Waals surface area contributed by atoms with E-state index in [4.69, 9.17) is 0 Å². The van der Waals surface area contributed by atoms with Crippen LogP contribution in [-0.2, 0) is 9.78 Å². The Kier molecular flexibility index (Phi) is 1.12. The summed E-state index contributed by atoms with van der Waals surface area (Å²) in [5.41, 5.74) is 0. The Labute approximate surface area is 36.3 Å². The Balaban J connectivity index is 2.26. The average molecular weight is 85.1 g/mol. The SMILES string of the molecule is [CH]1CC=COO1. The maximum Gasteiger partial charge on any atom is 0.139 e. The van der Waals surface area contributed by atoms with Crippen molar-refractivity contribution in [3.8, 4) is 0 Å². The molecule has 0 N–H and O–H groups in total. The van der Waals surface area contributed by atoms with E-state index < -0.39 is 0 Å². The molecule has 0 saturated carbocycles. The van der Waals surface area contributed by atoms with Crippen LogP contribution in [-0.4, -0.2) is 0 Å². The molecular formula is C4H5O2. The summed E-state index contributed by atoms with van der Waals surface area (Å²) in [6.45, 7) is 1.58. The van der Waals surface area contributed by atoms with Gasteiger partial charge in [0.1, 0.15) is 12.9 Å². The predicted octanol–water partition coefficient (Wildman–Crippen LogP) is 1.01. The molecule has 0 aromatic heterocycles. The van der Waals surface area contributed by atoms with Crippen LogP contribution in [0.1, 0.15) is 6.42 Å². The fourth-order valence-corrected chi connectivity index (χ4v) is 0.261. The maximum absolute atomic E-state index is 4.36. The van der Waals surface area contributed by atoms with Crippen molar-refractivity contribution in [3.05, 3.63) is 18.9 Å². The minimum absolute atomic E-state index is 0.847. The van der Waals surface area contributed by atoms with Crippen molar-refractivity contribution >= 4 is 0 Å². The highest BCUT2D eigenvalue weighted by Gasteiger charge is 1.88. The Hall–Kier alpha value is -0.500. The standard InChI is InChI=1S/C4H5O2/c1-2-4-6-5-3-1/h1,3-4H,2H2. The zero-order chi connectivity index (χ0) is 4.24. The van der Waals surface area contributed by atoms with Crippen LogP contribution in [0.5, 0.6) is 0 Å². The van der Waals surface area contributed by atoms with Crippen molar-refractivity contribution in [1.29, 1.82) is 0 Å². The van der Waals surface area contributed by atoms with Crippen molar-refractivity contribution in [1.82, 2.24) is 0 Å². The Morgan fingerprint density at radius 3 is 2.50 bits per heavy atom. The van der Waals surface area contributed by atoms with Crippen LogP contribution < -0.4 is 0 Å². The third kappa shape index (κ3) is 0.723. The molecule has 1 aliphatic rings. The molecule has 2 nitrogen and oxygen atoms in total. The highest BCUT2D eigenvalue weighted by atomic mass is 17.2. The van der Waals surface area contributed by atoms with Gasteiger partial charge < -0.3 is 4.89 Å². The molecule has 0 fully saturated rings. The third-order valence-electron chi connectivity index (χ3n) is 0.508. The van der Waals surface area contributed by atoms with Gasteiger partial charge in [-0.3, -0.25) is 0 Å². The van der Waals surface area contributed by atoms with E-state index in [0.717, 1.165) is 6.42 Å². The maximum atomic E-state index is 4.36. The smallest absolute Gasteiger partial charge is 0.139 e. The summed E-state index contributed by atoms with van der Waals surface area (Å²) in [5, 5.41) is 0. The summed E-state index contributed by atoms with van der Waals surface area (Å²) < 4.78 is 0. The van der Waals surface area contributed by atoms with Gasteiger partial charge in [0, 0.05) is 6.42 Å². The van der Waals surface area contributed by atoms with Crippen molar-refractivity contribution in [2.24, 2.45) is 0 Å². The highest BCUT2D eigenvalue weighted by Crippen LogP contribution is 1.98. The lowest BCUT2D eigenvalue weighted by Crippen LogP contribution is -1.87. The molecule has 0 unspecified atom stereocenters. The first kappa shape index (κ1) is 3.68. The fourth-order valence-electron chi connectivity index (χ4n) is 0.261. The quantitative estimate of drug-likeness (QED) is 0.409. The Bertz CT molecular complexity index is 50.6. The van der Waals surface area contributed by atoms with Gasteiger partial charge in [-0.25, -0.2) is 0 Å². The molecule has 6 heavy (non-hydrogen) atoms. The minimum Gasteiger partial charge on any atom is -0.345 e. The second-order valence-electron chi connectivity index (χ2n) is 0.967. The molecule has 0 spiro atoms. The fraction of sp³-hybridized carbons (Fsp3) is 0.250. The van der Waals surface area contributed by atoms with Gasteiger partial charge >= 0.3 is 0 Å². The molecule has 0 aliphatic carbocycles. The molecule has 33 valence electrons. The Morgan fingerprint density at radius 1 is 1.33 bits per heavy atom. The lowest BCUT2D eigenvalue weighted by atomic mass is 10.4. The molecule has 1 aliphatic heterocycles. The first-order chi connectivity index (χ1) is 3.00. The van der Waals surface area contributed by atoms with Crippen molar-refractivity contribution in [2.75, 3.05) is 0 Å². The topological polar surface area (TPSA) is 18.5 Å². The van der Waals surface area contributed by atoms with E-state index in [1.165, 1.54) is 6.26 Å². The van der Waals surface area contributed by atoms with E-state index in [1.807, 2.05) is 6.08 Å². The summed E-state index contributed by atoms with van der Waals surface area (Å²) in [6, 6.07) is 0. The highest BCUT2D eigenvalue weighted by molar-refractivity contribution is 4.78. The molecule has 1 rings (SSSR count). The normalized spacial score (nSPS) is 20.0. The summed E-state index contributed by atoms with van der Waals surface area (Å²) in [4.78, 5) is 8.69. The lowest BCUT2D eigenvalue weighted by Gasteiger charge is -2.00. The van der Waals surface area contributed by atoms with Crippen molar-refractivity contribution in [3.63, 3.8) is 0 Å². The first-order valence-corrected chi connectivity index (χ1v) is 1.79. The molecule has 0 amide bonds. The van der Waals surface area contributed by atoms with Gasteiger partial charge in [-0.05, 0) is 6.08 Å². The van der Waals surface area contributed by atoms with Crippen LogP contribution in [0.4, 0.5) is 0 Å². The molecule has 0 aromatic carbocycles. The monoisotopic (exact) mass is 85.0 g/mol. The first-order valence-electron chi connectivity index (χ1n) is 1.79. The predicted molar refractivity (Wildman–Crippen MR) is 20.2 cm³/mol. The number of rotatable bonds is 0. The van der Waals surface area contributed by atoms with Gasteiger partial charge in [0.25, 0.3) is 0 Å². The molecule has 2 heteroatoms. The molecule has 0 saturated heterocycles. The van der Waals surface area contributed by atoms with Gasteiger partial charge in [0.05, 0.1) is 0 Å². The van der Waals surface area contributed by atoms with E-state index >= 15 is 0 Å². The van der Waals surface area contributed by atoms with E-state index in [1.54, 1.807) is 6.61 Å². The van der Waals surface area contributed by atoms with Crippen LogP contribution in [0.15, 0.2) is 12.3 Å². The summed E-state index contributed by atoms with van der Waals surface area (Å²) in [5.74, 6) is 0. The van der Waals surface area contributed by atoms with Crippen molar-refractivity contribution < 1.29 is 9.78 Å². The van der Waals surface area contributed by atoms with Crippen molar-refractivity contribution in [2.45, 2.75) is 6.42 Å². The van der Waals surface area contributed by atoms with Crippen LogP contribution >= 0.6 is 0 Å². The minimum atomic E-state index is 0.847. The molecule has 0 bridgehead atoms. The second-order valence-corrected chi connectivity index (χ2v) is 0.967. The largest absolute Gasteiger partial charge is 0.345 e. The molecule has 0 aromatic rings. The Morgan fingerprint density at radius 2 is 2.33 bits per heavy atom. The van der Waals surface area contributed by atoms with Gasteiger partial charge in [0.15, 0.2) is 0 Å². The molecule has 0 atom stereocenters. The van der Waals surface area contributed by atoms with Gasteiger partial charge in [-0.1, -0.05) is 0 Å². The molecule has 1 heterocycles. The van der Waals surface area contributed by atoms with E-state index in [9.17, 15) is 0 Å². The van der Waals surface area contributed by atoms with Crippen LogP contribution in [0.3, 0.4) is 0 Å². The van der Waals surface area contributed by atoms with E-state index in [-0.39, 0.29) is 0 Å². The van der Waals surface area contributed by atoms with Gasteiger partial charge in [-0.15, -0.1) is 0 Å². The second kappa shape index (κ2) is 1.82. The lowest BCUT2D eigenvalue weighted by molar-refractivity contribution is -0.225. The zero-order valence-electron chi connectivity index (χ0n) is 3.26. The average Bonchev–Trinajstić information content (AvgIpc) is 1.72. The molecular weight excluding hydrogens is 80.0 g/mol. The summed E-state index contributed by atoms with van der Waals surface area (Å²) in [7, 11) is 0. The van der Waals surface area contributed by atoms with Gasteiger partial charge in [-0.2, -0.15) is 4.89 Å². The summed E-state index contributed by atoms with van der Waals surface area (Å²) >= 11 is 0. The van der Waals surface area contributed by atoms with Crippen LogP contribution in [0.2, 0.25) is 0 Å². The third-order valence-corrected chi connectivity index (χ3v) is 0.508. The van der Waals surface area contributed by atoms with Crippen LogP contribution in [0.25, 0.3) is 0 Å². The van der Waals surface area contributed by atoms with Crippen LogP contribution in [0, 0.1) is 6.61 Å². The summed E-state index contributed by atoms with van der Waals surface area (Å²) in [6.07, 6.45) is 4.23. The number of hydrogen-bond donors (Lipinski definition) is 0.